The van der Waals surface area contributed by atoms with Crippen molar-refractivity contribution in [1.82, 2.24) is 10.2 Å². The predicted molar refractivity (Wildman–Crippen MR) is 47.6 cm³/mol. The highest BCUT2D eigenvalue weighted by Gasteiger charge is 2.25. The summed E-state index contributed by atoms with van der Waals surface area (Å²) in [7, 11) is 0. The van der Waals surface area contributed by atoms with Crippen molar-refractivity contribution in [3.63, 3.8) is 0 Å². The third-order valence-corrected chi connectivity index (χ3v) is 2.02. The Balaban J connectivity index is 2.54. The molecule has 0 radical (unpaired) electrons. The summed E-state index contributed by atoms with van der Waals surface area (Å²) in [6.07, 6.45) is 7.23. The fourth-order valence-corrected chi connectivity index (χ4v) is 1.39. The van der Waals surface area contributed by atoms with Crippen LogP contribution in [0.5, 0.6) is 0 Å². The molecule has 1 fully saturated rings. The second kappa shape index (κ2) is 4.01. The van der Waals surface area contributed by atoms with E-state index in [2.05, 4.69) is 18.2 Å². The highest BCUT2D eigenvalue weighted by atomic mass is 16.2. The van der Waals surface area contributed by atoms with E-state index in [1.165, 1.54) is 0 Å². The molecule has 3 nitrogen and oxygen atoms in total. The maximum absolute atomic E-state index is 11.2. The Bertz CT molecular complexity index is 207. The topological polar surface area (TPSA) is 32.3 Å². The van der Waals surface area contributed by atoms with Crippen molar-refractivity contribution in [2.45, 2.75) is 25.8 Å². The van der Waals surface area contributed by atoms with E-state index in [1.807, 2.05) is 0 Å². The maximum atomic E-state index is 11.2. The molecule has 1 unspecified atom stereocenters. The number of carbonyl (C=O) groups is 1. The molecule has 1 N–H and O–H groups in total. The molecule has 0 saturated carbocycles. The van der Waals surface area contributed by atoms with Gasteiger partial charge in [0.2, 0.25) is 0 Å². The number of amides is 2. The number of hydrogen-bond donors (Lipinski definition) is 1. The molecule has 12 heavy (non-hydrogen) atoms. The number of rotatable bonds is 3. The van der Waals surface area contributed by atoms with Crippen molar-refractivity contribution in [1.29, 1.82) is 0 Å². The van der Waals surface area contributed by atoms with E-state index in [1.54, 1.807) is 4.90 Å². The molecule has 1 aliphatic heterocycles. The molecule has 1 aliphatic rings. The number of nitrogens with zero attached hydrogens (tertiary/aromatic N) is 1. The Hall–Kier alpha value is -1.17. The number of carbonyl (C=O) groups excluding carboxylic acids is 1. The first-order chi connectivity index (χ1) is 5.79. The van der Waals surface area contributed by atoms with Gasteiger partial charge in [0, 0.05) is 13.1 Å². The molecule has 0 aromatic rings. The average Bonchev–Trinajstić information content (AvgIpc) is 2.47. The monoisotopic (exact) mass is 166 g/mol. The Morgan fingerprint density at radius 2 is 2.58 bits per heavy atom. The molecule has 2 amide bonds. The molecule has 1 heterocycles. The summed E-state index contributed by atoms with van der Waals surface area (Å²) in [5.74, 6) is 2.64. The smallest absolute Gasteiger partial charge is 0.318 e. The molecule has 0 aromatic carbocycles. The Kier molecular flexibility index (Phi) is 2.98. The first kappa shape index (κ1) is 8.92. The van der Waals surface area contributed by atoms with Gasteiger partial charge in [-0.05, 0) is 6.42 Å². The summed E-state index contributed by atoms with van der Waals surface area (Å²) in [5, 5.41) is 2.73. The van der Waals surface area contributed by atoms with Crippen LogP contribution in [0.1, 0.15) is 19.8 Å². The first-order valence-electron chi connectivity index (χ1n) is 4.30. The zero-order valence-corrected chi connectivity index (χ0v) is 7.34. The lowest BCUT2D eigenvalue weighted by Gasteiger charge is -2.21. The molecule has 1 atom stereocenters. The number of hydrogen-bond acceptors (Lipinski definition) is 1. The maximum Gasteiger partial charge on any atom is 0.318 e. The van der Waals surface area contributed by atoms with Gasteiger partial charge in [-0.3, -0.25) is 0 Å². The Labute approximate surface area is 73.1 Å². The Morgan fingerprint density at radius 3 is 3.00 bits per heavy atom. The van der Waals surface area contributed by atoms with Gasteiger partial charge in [0.1, 0.15) is 0 Å². The molecular weight excluding hydrogens is 152 g/mol. The summed E-state index contributed by atoms with van der Waals surface area (Å²) in [6.45, 7) is 3.53. The van der Waals surface area contributed by atoms with Crippen molar-refractivity contribution < 1.29 is 4.79 Å². The van der Waals surface area contributed by atoms with Crippen LogP contribution in [-0.2, 0) is 0 Å². The minimum Gasteiger partial charge on any atom is -0.336 e. The quantitative estimate of drug-likeness (QED) is 0.618. The van der Waals surface area contributed by atoms with Crippen LogP contribution in [0.25, 0.3) is 0 Å². The van der Waals surface area contributed by atoms with E-state index >= 15 is 0 Å². The molecule has 0 bridgehead atoms. The molecule has 1 saturated heterocycles. The fraction of sp³-hybridized carbons (Fsp3) is 0.667. The summed E-state index contributed by atoms with van der Waals surface area (Å²) < 4.78 is 0. The van der Waals surface area contributed by atoms with Crippen LogP contribution in [0.2, 0.25) is 0 Å². The summed E-state index contributed by atoms with van der Waals surface area (Å²) in [5.41, 5.74) is 0. The largest absolute Gasteiger partial charge is 0.336 e. The third-order valence-electron chi connectivity index (χ3n) is 2.02. The zero-order valence-electron chi connectivity index (χ0n) is 7.34. The molecule has 66 valence electrons. The predicted octanol–water partition coefficient (Wildman–Crippen LogP) is 0.814. The molecule has 1 rings (SSSR count). The summed E-state index contributed by atoms with van der Waals surface area (Å²) in [6, 6.07) is -0.0381. The van der Waals surface area contributed by atoms with Gasteiger partial charge in [0.25, 0.3) is 0 Å². The van der Waals surface area contributed by atoms with E-state index in [4.69, 9.17) is 6.42 Å². The van der Waals surface area contributed by atoms with Crippen molar-refractivity contribution >= 4 is 6.03 Å². The molecule has 0 spiro atoms. The highest BCUT2D eigenvalue weighted by molar-refractivity contribution is 5.76. The van der Waals surface area contributed by atoms with Crippen LogP contribution in [-0.4, -0.2) is 30.1 Å². The van der Waals surface area contributed by atoms with Crippen LogP contribution in [0.3, 0.4) is 0 Å². The summed E-state index contributed by atoms with van der Waals surface area (Å²) >= 11 is 0. The van der Waals surface area contributed by atoms with Gasteiger partial charge in [-0.25, -0.2) is 4.79 Å². The van der Waals surface area contributed by atoms with Crippen molar-refractivity contribution in [3.8, 4) is 12.3 Å². The number of terminal acetylenes is 1. The lowest BCUT2D eigenvalue weighted by Crippen LogP contribution is -2.36. The fourth-order valence-electron chi connectivity index (χ4n) is 1.39. The van der Waals surface area contributed by atoms with E-state index < -0.39 is 0 Å². The van der Waals surface area contributed by atoms with Gasteiger partial charge in [-0.15, -0.1) is 6.42 Å². The van der Waals surface area contributed by atoms with Crippen LogP contribution in [0, 0.1) is 12.3 Å². The average molecular weight is 166 g/mol. The van der Waals surface area contributed by atoms with E-state index in [0.717, 1.165) is 25.9 Å². The van der Waals surface area contributed by atoms with E-state index in [-0.39, 0.29) is 12.1 Å². The van der Waals surface area contributed by atoms with Gasteiger partial charge < -0.3 is 10.2 Å². The SMILES string of the molecule is C#CC(CCC)N1CCNC1=O. The van der Waals surface area contributed by atoms with Gasteiger partial charge in [0.15, 0.2) is 0 Å². The minimum atomic E-state index is -0.0219. The molecule has 3 heteroatoms. The van der Waals surface area contributed by atoms with Gasteiger partial charge in [-0.1, -0.05) is 19.3 Å². The lowest BCUT2D eigenvalue weighted by atomic mass is 10.1. The van der Waals surface area contributed by atoms with Crippen LogP contribution < -0.4 is 5.32 Å². The standard InChI is InChI=1S/C9H14N2O/c1-3-5-8(4-2)11-7-6-10-9(11)12/h2,8H,3,5-7H2,1H3,(H,10,12). The first-order valence-corrected chi connectivity index (χ1v) is 4.30. The van der Waals surface area contributed by atoms with E-state index in [9.17, 15) is 4.79 Å². The zero-order chi connectivity index (χ0) is 8.97. The molecular formula is C9H14N2O. The lowest BCUT2D eigenvalue weighted by molar-refractivity contribution is 0.207. The van der Waals surface area contributed by atoms with Crippen molar-refractivity contribution in [3.05, 3.63) is 0 Å². The summed E-state index contributed by atoms with van der Waals surface area (Å²) in [4.78, 5) is 12.9. The second-order valence-electron chi connectivity index (χ2n) is 2.90. The van der Waals surface area contributed by atoms with Gasteiger partial charge in [-0.2, -0.15) is 0 Å². The third kappa shape index (κ3) is 1.70. The van der Waals surface area contributed by atoms with Crippen molar-refractivity contribution in [2.24, 2.45) is 0 Å². The van der Waals surface area contributed by atoms with Crippen LogP contribution in [0.4, 0.5) is 4.79 Å². The molecule has 0 aromatic heterocycles. The van der Waals surface area contributed by atoms with Crippen LogP contribution in [0.15, 0.2) is 0 Å². The number of urea groups is 1. The normalized spacial score (nSPS) is 18.7. The van der Waals surface area contributed by atoms with Gasteiger partial charge >= 0.3 is 6.03 Å². The number of nitrogens with one attached hydrogen (secondary N) is 1. The Morgan fingerprint density at radius 1 is 1.83 bits per heavy atom. The van der Waals surface area contributed by atoms with E-state index in [0.29, 0.717) is 0 Å². The highest BCUT2D eigenvalue weighted by Crippen LogP contribution is 2.08. The van der Waals surface area contributed by atoms with Gasteiger partial charge in [0.05, 0.1) is 6.04 Å². The van der Waals surface area contributed by atoms with Crippen LogP contribution >= 0.6 is 0 Å². The minimum absolute atomic E-state index is 0.0162. The molecule has 0 aliphatic carbocycles. The van der Waals surface area contributed by atoms with Crippen molar-refractivity contribution in [2.75, 3.05) is 13.1 Å². The second-order valence-corrected chi connectivity index (χ2v) is 2.90.